The van der Waals surface area contributed by atoms with Crippen LogP contribution in [0.3, 0.4) is 0 Å². The minimum Gasteiger partial charge on any atom is -0.392 e. The summed E-state index contributed by atoms with van der Waals surface area (Å²) < 4.78 is 13.6. The maximum atomic E-state index is 13.6. The van der Waals surface area contributed by atoms with Crippen LogP contribution in [0.1, 0.15) is 5.56 Å². The van der Waals surface area contributed by atoms with Crippen molar-refractivity contribution >= 4 is 11.4 Å². The summed E-state index contributed by atoms with van der Waals surface area (Å²) in [6.07, 6.45) is 0. The molecule has 3 heteroatoms. The van der Waals surface area contributed by atoms with Crippen molar-refractivity contribution in [1.82, 2.24) is 0 Å². The molecule has 0 aliphatic rings. The third-order valence-electron chi connectivity index (χ3n) is 2.72. The number of anilines is 2. The molecular formula is C14H14FNO. The summed E-state index contributed by atoms with van der Waals surface area (Å²) >= 11 is 0. The lowest BCUT2D eigenvalue weighted by Gasteiger charge is -2.20. The first kappa shape index (κ1) is 11.6. The van der Waals surface area contributed by atoms with Gasteiger partial charge in [-0.3, -0.25) is 0 Å². The average Bonchev–Trinajstić information content (AvgIpc) is 2.39. The molecule has 17 heavy (non-hydrogen) atoms. The van der Waals surface area contributed by atoms with Crippen molar-refractivity contribution in [2.75, 3.05) is 11.9 Å². The zero-order valence-electron chi connectivity index (χ0n) is 9.60. The Morgan fingerprint density at radius 3 is 2.29 bits per heavy atom. The zero-order valence-corrected chi connectivity index (χ0v) is 9.60. The van der Waals surface area contributed by atoms with Gasteiger partial charge in [0.25, 0.3) is 0 Å². The van der Waals surface area contributed by atoms with Gasteiger partial charge >= 0.3 is 0 Å². The fourth-order valence-corrected chi connectivity index (χ4v) is 1.69. The largest absolute Gasteiger partial charge is 0.392 e. The monoisotopic (exact) mass is 231 g/mol. The lowest BCUT2D eigenvalue weighted by molar-refractivity contribution is 0.282. The van der Waals surface area contributed by atoms with Gasteiger partial charge in [0.1, 0.15) is 5.82 Å². The summed E-state index contributed by atoms with van der Waals surface area (Å²) in [5, 5.41) is 8.95. The molecule has 1 N–H and O–H groups in total. The summed E-state index contributed by atoms with van der Waals surface area (Å²) in [7, 11) is 1.81. The maximum Gasteiger partial charge on any atom is 0.146 e. The van der Waals surface area contributed by atoms with Gasteiger partial charge in [-0.15, -0.1) is 0 Å². The van der Waals surface area contributed by atoms with E-state index < -0.39 is 0 Å². The van der Waals surface area contributed by atoms with Crippen LogP contribution in [0.15, 0.2) is 48.5 Å². The van der Waals surface area contributed by atoms with Crippen molar-refractivity contribution in [2.24, 2.45) is 0 Å². The summed E-state index contributed by atoms with van der Waals surface area (Å²) in [5.74, 6) is -0.249. The molecule has 0 unspecified atom stereocenters. The third kappa shape index (κ3) is 2.45. The van der Waals surface area contributed by atoms with Gasteiger partial charge in [-0.05, 0) is 29.8 Å². The van der Waals surface area contributed by atoms with Crippen molar-refractivity contribution in [3.8, 4) is 0 Å². The fraction of sp³-hybridized carbons (Fsp3) is 0.143. The summed E-state index contributed by atoms with van der Waals surface area (Å²) in [5.41, 5.74) is 2.26. The highest BCUT2D eigenvalue weighted by Crippen LogP contribution is 2.25. The molecule has 0 fully saturated rings. The molecule has 0 amide bonds. The van der Waals surface area contributed by atoms with E-state index in [4.69, 9.17) is 5.11 Å². The number of benzene rings is 2. The number of para-hydroxylation sites is 1. The van der Waals surface area contributed by atoms with E-state index in [0.717, 1.165) is 11.3 Å². The van der Waals surface area contributed by atoms with Crippen molar-refractivity contribution in [2.45, 2.75) is 6.61 Å². The van der Waals surface area contributed by atoms with E-state index in [1.807, 2.05) is 31.3 Å². The van der Waals surface area contributed by atoms with Crippen molar-refractivity contribution in [3.05, 3.63) is 59.9 Å². The van der Waals surface area contributed by atoms with Crippen molar-refractivity contribution in [1.29, 1.82) is 0 Å². The Kier molecular flexibility index (Phi) is 3.40. The SMILES string of the molecule is CN(c1ccc(CO)cc1)c1ccccc1F. The first-order valence-corrected chi connectivity index (χ1v) is 5.40. The number of nitrogens with zero attached hydrogens (tertiary/aromatic N) is 1. The minimum atomic E-state index is -0.249. The van der Waals surface area contributed by atoms with Crippen LogP contribution in [0, 0.1) is 5.82 Å². The molecule has 0 atom stereocenters. The van der Waals surface area contributed by atoms with E-state index in [-0.39, 0.29) is 12.4 Å². The Hall–Kier alpha value is -1.87. The summed E-state index contributed by atoms with van der Waals surface area (Å²) in [6.45, 7) is 0.0176. The highest BCUT2D eigenvalue weighted by molar-refractivity contribution is 5.63. The van der Waals surface area contributed by atoms with Gasteiger partial charge in [0, 0.05) is 12.7 Å². The molecule has 0 radical (unpaired) electrons. The van der Waals surface area contributed by atoms with Crippen LogP contribution in [-0.4, -0.2) is 12.2 Å². The van der Waals surface area contributed by atoms with Crippen molar-refractivity contribution < 1.29 is 9.50 Å². The Bertz CT molecular complexity index is 496. The molecule has 2 nitrogen and oxygen atoms in total. The standard InChI is InChI=1S/C14H14FNO/c1-16(14-5-3-2-4-13(14)15)12-8-6-11(10-17)7-9-12/h2-9,17H,10H2,1H3. The molecule has 0 aromatic heterocycles. The minimum absolute atomic E-state index is 0.0176. The van der Waals surface area contributed by atoms with Gasteiger partial charge in [-0.1, -0.05) is 24.3 Å². The number of halogens is 1. The molecule has 2 aromatic carbocycles. The van der Waals surface area contributed by atoms with Gasteiger partial charge in [0.05, 0.1) is 12.3 Å². The second-order valence-electron chi connectivity index (χ2n) is 3.83. The lowest BCUT2D eigenvalue weighted by atomic mass is 10.2. The Morgan fingerprint density at radius 2 is 1.71 bits per heavy atom. The number of aliphatic hydroxyl groups is 1. The van der Waals surface area contributed by atoms with E-state index in [9.17, 15) is 4.39 Å². The molecule has 0 saturated carbocycles. The van der Waals surface area contributed by atoms with Gasteiger partial charge < -0.3 is 10.0 Å². The predicted molar refractivity (Wildman–Crippen MR) is 66.8 cm³/mol. The lowest BCUT2D eigenvalue weighted by Crippen LogP contribution is -2.10. The van der Waals surface area contributed by atoms with Crippen LogP contribution in [0.25, 0.3) is 0 Å². The van der Waals surface area contributed by atoms with E-state index in [1.165, 1.54) is 6.07 Å². The van der Waals surface area contributed by atoms with Gasteiger partial charge in [0.2, 0.25) is 0 Å². The normalized spacial score (nSPS) is 10.3. The van der Waals surface area contributed by atoms with E-state index >= 15 is 0 Å². The van der Waals surface area contributed by atoms with E-state index in [2.05, 4.69) is 0 Å². The molecule has 0 aliphatic carbocycles. The van der Waals surface area contributed by atoms with Crippen LogP contribution >= 0.6 is 0 Å². The smallest absolute Gasteiger partial charge is 0.146 e. The topological polar surface area (TPSA) is 23.5 Å². The van der Waals surface area contributed by atoms with Gasteiger partial charge in [-0.25, -0.2) is 4.39 Å². The average molecular weight is 231 g/mol. The molecule has 0 heterocycles. The summed E-state index contributed by atoms with van der Waals surface area (Å²) in [6, 6.07) is 14.0. The molecule has 0 spiro atoms. The Morgan fingerprint density at radius 1 is 1.06 bits per heavy atom. The Balaban J connectivity index is 2.30. The molecule has 2 rings (SSSR count). The van der Waals surface area contributed by atoms with Gasteiger partial charge in [0.15, 0.2) is 0 Å². The number of hydrogen-bond acceptors (Lipinski definition) is 2. The molecule has 88 valence electrons. The third-order valence-corrected chi connectivity index (χ3v) is 2.72. The van der Waals surface area contributed by atoms with Crippen molar-refractivity contribution in [3.63, 3.8) is 0 Å². The second-order valence-corrected chi connectivity index (χ2v) is 3.83. The second kappa shape index (κ2) is 4.97. The predicted octanol–water partition coefficient (Wildman–Crippen LogP) is 3.09. The zero-order chi connectivity index (χ0) is 12.3. The maximum absolute atomic E-state index is 13.6. The van der Waals surface area contributed by atoms with Crippen LogP contribution in [0.4, 0.5) is 15.8 Å². The quantitative estimate of drug-likeness (QED) is 0.877. The van der Waals surface area contributed by atoms with Crippen LogP contribution in [-0.2, 0) is 6.61 Å². The number of rotatable bonds is 3. The van der Waals surface area contributed by atoms with Crippen LogP contribution in [0.5, 0.6) is 0 Å². The summed E-state index contributed by atoms with van der Waals surface area (Å²) in [4.78, 5) is 1.77. The Labute approximate surface area is 99.9 Å². The molecule has 0 aliphatic heterocycles. The first-order valence-electron chi connectivity index (χ1n) is 5.40. The molecular weight excluding hydrogens is 217 g/mol. The van der Waals surface area contributed by atoms with Crippen LogP contribution in [0.2, 0.25) is 0 Å². The molecule has 2 aromatic rings. The highest BCUT2D eigenvalue weighted by Gasteiger charge is 2.08. The fourth-order valence-electron chi connectivity index (χ4n) is 1.69. The molecule has 0 bridgehead atoms. The highest BCUT2D eigenvalue weighted by atomic mass is 19.1. The number of aliphatic hydroxyl groups excluding tert-OH is 1. The van der Waals surface area contributed by atoms with E-state index in [0.29, 0.717) is 5.69 Å². The first-order chi connectivity index (χ1) is 8.22. The molecule has 0 saturated heterocycles. The van der Waals surface area contributed by atoms with Crippen LogP contribution < -0.4 is 4.90 Å². The van der Waals surface area contributed by atoms with Gasteiger partial charge in [-0.2, -0.15) is 0 Å². The number of hydrogen-bond donors (Lipinski definition) is 1. The van der Waals surface area contributed by atoms with E-state index in [1.54, 1.807) is 23.1 Å².